The highest BCUT2D eigenvalue weighted by atomic mass is 79.9. The molecule has 2 rings (SSSR count). The van der Waals surface area contributed by atoms with Crippen LogP contribution in [0.5, 0.6) is 0 Å². The number of hydrogen-bond acceptors (Lipinski definition) is 2. The van der Waals surface area contributed by atoms with Gasteiger partial charge in [-0.1, -0.05) is 22.0 Å². The van der Waals surface area contributed by atoms with E-state index in [9.17, 15) is 4.79 Å². The number of rotatable bonds is 4. The molecule has 0 bridgehead atoms. The summed E-state index contributed by atoms with van der Waals surface area (Å²) in [4.78, 5) is 12.3. The van der Waals surface area contributed by atoms with Crippen molar-refractivity contribution in [1.82, 2.24) is 0 Å². The Balaban J connectivity index is 1.91. The van der Waals surface area contributed by atoms with Gasteiger partial charge in [-0.2, -0.15) is 0 Å². The first-order chi connectivity index (χ1) is 9.60. The Kier molecular flexibility index (Phi) is 5.61. The summed E-state index contributed by atoms with van der Waals surface area (Å²) in [7, 11) is 0. The van der Waals surface area contributed by atoms with Crippen molar-refractivity contribution in [2.24, 2.45) is 17.6 Å². The van der Waals surface area contributed by atoms with Crippen molar-refractivity contribution in [1.29, 1.82) is 0 Å². The van der Waals surface area contributed by atoms with E-state index in [0.29, 0.717) is 0 Å². The van der Waals surface area contributed by atoms with Gasteiger partial charge in [0, 0.05) is 16.1 Å². The third-order valence-corrected chi connectivity index (χ3v) is 4.74. The van der Waals surface area contributed by atoms with Crippen molar-refractivity contribution in [3.05, 3.63) is 28.2 Å². The van der Waals surface area contributed by atoms with E-state index >= 15 is 0 Å². The topological polar surface area (TPSA) is 55.1 Å². The molecule has 1 fully saturated rings. The zero-order chi connectivity index (χ0) is 14.5. The van der Waals surface area contributed by atoms with Crippen molar-refractivity contribution in [3.63, 3.8) is 0 Å². The third-order valence-electron chi connectivity index (χ3n) is 4.25. The molecule has 20 heavy (non-hydrogen) atoms. The van der Waals surface area contributed by atoms with Gasteiger partial charge in [0.25, 0.3) is 0 Å². The predicted octanol–water partition coefficient (Wildman–Crippen LogP) is 3.85. The first-order valence-electron chi connectivity index (χ1n) is 7.37. The standard InChI is InChI=1S/C16H23BrN2O/c1-11-2-7-14(17)10-15(11)19-16(20)13-5-3-12(4-6-13)8-9-18/h2,7,10,12-13H,3-6,8-9,18H2,1H3,(H,19,20). The summed E-state index contributed by atoms with van der Waals surface area (Å²) in [5, 5.41) is 3.07. The van der Waals surface area contributed by atoms with E-state index in [1.807, 2.05) is 25.1 Å². The molecule has 0 radical (unpaired) electrons. The summed E-state index contributed by atoms with van der Waals surface area (Å²) in [5.41, 5.74) is 7.61. The maximum absolute atomic E-state index is 12.3. The Bertz CT molecular complexity index is 468. The summed E-state index contributed by atoms with van der Waals surface area (Å²) in [6.07, 6.45) is 5.34. The molecule has 1 aromatic carbocycles. The molecule has 1 aromatic rings. The smallest absolute Gasteiger partial charge is 0.227 e. The Morgan fingerprint density at radius 3 is 2.70 bits per heavy atom. The molecule has 1 amide bonds. The van der Waals surface area contributed by atoms with Crippen LogP contribution in [-0.2, 0) is 4.79 Å². The fourth-order valence-corrected chi connectivity index (χ4v) is 3.27. The number of nitrogens with one attached hydrogen (secondary N) is 1. The summed E-state index contributed by atoms with van der Waals surface area (Å²) in [5.74, 6) is 1.04. The summed E-state index contributed by atoms with van der Waals surface area (Å²) in [6.45, 7) is 2.78. The molecule has 0 aliphatic heterocycles. The third kappa shape index (κ3) is 4.06. The molecule has 1 aliphatic rings. The molecule has 0 atom stereocenters. The molecule has 0 aromatic heterocycles. The van der Waals surface area contributed by atoms with E-state index in [1.54, 1.807) is 0 Å². The Morgan fingerprint density at radius 1 is 1.35 bits per heavy atom. The van der Waals surface area contributed by atoms with Crippen LogP contribution in [-0.4, -0.2) is 12.5 Å². The molecule has 0 spiro atoms. The van der Waals surface area contributed by atoms with E-state index in [0.717, 1.165) is 60.3 Å². The summed E-state index contributed by atoms with van der Waals surface area (Å²) in [6, 6.07) is 5.97. The van der Waals surface area contributed by atoms with Gasteiger partial charge in [-0.05, 0) is 69.2 Å². The average Bonchev–Trinajstić information content (AvgIpc) is 2.44. The lowest BCUT2D eigenvalue weighted by Crippen LogP contribution is -2.28. The van der Waals surface area contributed by atoms with E-state index in [2.05, 4.69) is 21.2 Å². The van der Waals surface area contributed by atoms with Crippen molar-refractivity contribution in [3.8, 4) is 0 Å². The number of halogens is 1. The quantitative estimate of drug-likeness (QED) is 0.875. The number of aryl methyl sites for hydroxylation is 1. The normalized spacial score (nSPS) is 22.6. The minimum absolute atomic E-state index is 0.155. The van der Waals surface area contributed by atoms with Gasteiger partial charge in [0.2, 0.25) is 5.91 Å². The van der Waals surface area contributed by atoms with Crippen LogP contribution in [0.3, 0.4) is 0 Å². The minimum atomic E-state index is 0.155. The first kappa shape index (κ1) is 15.5. The fraction of sp³-hybridized carbons (Fsp3) is 0.562. The molecule has 0 saturated heterocycles. The second-order valence-electron chi connectivity index (χ2n) is 5.74. The van der Waals surface area contributed by atoms with Crippen LogP contribution in [0.4, 0.5) is 5.69 Å². The Hall–Kier alpha value is -0.870. The molecule has 110 valence electrons. The van der Waals surface area contributed by atoms with Crippen molar-refractivity contribution in [2.45, 2.75) is 39.0 Å². The van der Waals surface area contributed by atoms with Gasteiger partial charge < -0.3 is 11.1 Å². The van der Waals surface area contributed by atoms with Gasteiger partial charge >= 0.3 is 0 Å². The molecular formula is C16H23BrN2O. The largest absolute Gasteiger partial charge is 0.330 e. The zero-order valence-corrected chi connectivity index (χ0v) is 13.6. The maximum Gasteiger partial charge on any atom is 0.227 e. The second kappa shape index (κ2) is 7.23. The van der Waals surface area contributed by atoms with Crippen molar-refractivity contribution in [2.75, 3.05) is 11.9 Å². The van der Waals surface area contributed by atoms with Gasteiger partial charge in [-0.25, -0.2) is 0 Å². The van der Waals surface area contributed by atoms with Crippen LogP contribution < -0.4 is 11.1 Å². The minimum Gasteiger partial charge on any atom is -0.330 e. The number of benzene rings is 1. The highest BCUT2D eigenvalue weighted by Crippen LogP contribution is 2.31. The van der Waals surface area contributed by atoms with Gasteiger partial charge in [0.15, 0.2) is 0 Å². The maximum atomic E-state index is 12.3. The number of anilines is 1. The molecule has 0 heterocycles. The van der Waals surface area contributed by atoms with E-state index in [1.165, 1.54) is 0 Å². The lowest BCUT2D eigenvalue weighted by molar-refractivity contribution is -0.121. The zero-order valence-electron chi connectivity index (χ0n) is 12.0. The van der Waals surface area contributed by atoms with Crippen molar-refractivity contribution >= 4 is 27.5 Å². The molecule has 3 N–H and O–H groups in total. The molecule has 1 aliphatic carbocycles. The lowest BCUT2D eigenvalue weighted by atomic mass is 9.80. The molecule has 0 unspecified atom stereocenters. The Morgan fingerprint density at radius 2 is 2.05 bits per heavy atom. The number of hydrogen-bond donors (Lipinski definition) is 2. The van der Waals surface area contributed by atoms with Gasteiger partial charge in [-0.3, -0.25) is 4.79 Å². The number of amides is 1. The highest BCUT2D eigenvalue weighted by Gasteiger charge is 2.26. The van der Waals surface area contributed by atoms with E-state index in [-0.39, 0.29) is 11.8 Å². The molecule has 3 nitrogen and oxygen atoms in total. The van der Waals surface area contributed by atoms with Crippen LogP contribution in [0, 0.1) is 18.8 Å². The number of carbonyl (C=O) groups is 1. The average molecular weight is 339 g/mol. The Labute approximate surface area is 129 Å². The monoisotopic (exact) mass is 338 g/mol. The summed E-state index contributed by atoms with van der Waals surface area (Å²) < 4.78 is 0.991. The SMILES string of the molecule is Cc1ccc(Br)cc1NC(=O)C1CCC(CCN)CC1. The van der Waals surface area contributed by atoms with Crippen LogP contribution in [0.2, 0.25) is 0 Å². The van der Waals surface area contributed by atoms with Crippen molar-refractivity contribution < 1.29 is 4.79 Å². The van der Waals surface area contributed by atoms with Gasteiger partial charge in [-0.15, -0.1) is 0 Å². The number of carbonyl (C=O) groups excluding carboxylic acids is 1. The van der Waals surface area contributed by atoms with Crippen LogP contribution in [0.25, 0.3) is 0 Å². The fourth-order valence-electron chi connectivity index (χ4n) is 2.91. The second-order valence-corrected chi connectivity index (χ2v) is 6.66. The number of nitrogens with two attached hydrogens (primary N) is 1. The van der Waals surface area contributed by atoms with Crippen LogP contribution in [0.1, 0.15) is 37.7 Å². The lowest BCUT2D eigenvalue weighted by Gasteiger charge is -2.27. The molecule has 4 heteroatoms. The highest BCUT2D eigenvalue weighted by molar-refractivity contribution is 9.10. The van der Waals surface area contributed by atoms with Crippen LogP contribution in [0.15, 0.2) is 22.7 Å². The van der Waals surface area contributed by atoms with Crippen LogP contribution >= 0.6 is 15.9 Å². The van der Waals surface area contributed by atoms with E-state index < -0.39 is 0 Å². The summed E-state index contributed by atoms with van der Waals surface area (Å²) >= 11 is 3.44. The van der Waals surface area contributed by atoms with Gasteiger partial charge in [0.05, 0.1) is 0 Å². The first-order valence-corrected chi connectivity index (χ1v) is 8.16. The predicted molar refractivity (Wildman–Crippen MR) is 86.6 cm³/mol. The molecular weight excluding hydrogens is 316 g/mol. The molecule has 1 saturated carbocycles. The van der Waals surface area contributed by atoms with E-state index in [4.69, 9.17) is 5.73 Å². The van der Waals surface area contributed by atoms with Gasteiger partial charge in [0.1, 0.15) is 0 Å².